The first-order valence-corrected chi connectivity index (χ1v) is 6.98. The van der Waals surface area contributed by atoms with Crippen LogP contribution in [0.25, 0.3) is 0 Å². The number of aliphatic carboxylic acids is 1. The van der Waals surface area contributed by atoms with Gasteiger partial charge in [0.1, 0.15) is 6.04 Å². The molecule has 1 aliphatic rings. The number of nitrogens with one attached hydrogen (secondary N) is 1. The minimum atomic E-state index is -0.944. The van der Waals surface area contributed by atoms with E-state index in [1.165, 1.54) is 6.42 Å². The minimum Gasteiger partial charge on any atom is -0.480 e. The van der Waals surface area contributed by atoms with Gasteiger partial charge in [-0.25, -0.2) is 4.79 Å². The Balaban J connectivity index is 2.48. The molecule has 1 atom stereocenters. The van der Waals surface area contributed by atoms with Gasteiger partial charge in [0.05, 0.1) is 0 Å². The van der Waals surface area contributed by atoms with Crippen molar-refractivity contribution in [2.75, 3.05) is 0 Å². The fourth-order valence-electron chi connectivity index (χ4n) is 2.62. The largest absolute Gasteiger partial charge is 0.480 e. The smallest absolute Gasteiger partial charge is 0.326 e. The summed E-state index contributed by atoms with van der Waals surface area (Å²) in [5, 5.41) is 11.7. The molecule has 0 saturated heterocycles. The zero-order valence-corrected chi connectivity index (χ0v) is 11.6. The first-order valence-electron chi connectivity index (χ1n) is 6.98. The van der Waals surface area contributed by atoms with Gasteiger partial charge in [0.25, 0.3) is 0 Å². The van der Waals surface area contributed by atoms with E-state index in [9.17, 15) is 9.59 Å². The van der Waals surface area contributed by atoms with Crippen molar-refractivity contribution in [1.82, 2.24) is 5.32 Å². The van der Waals surface area contributed by atoms with Crippen LogP contribution in [-0.4, -0.2) is 23.0 Å². The molecule has 4 heteroatoms. The van der Waals surface area contributed by atoms with E-state index in [1.54, 1.807) is 0 Å². The van der Waals surface area contributed by atoms with E-state index in [0.29, 0.717) is 0 Å². The molecule has 0 aromatic rings. The molecule has 18 heavy (non-hydrogen) atoms. The summed E-state index contributed by atoms with van der Waals surface area (Å²) in [6, 6.07) is -0.763. The molecule has 0 heterocycles. The summed E-state index contributed by atoms with van der Waals surface area (Å²) in [5.74, 6) is -0.354. The van der Waals surface area contributed by atoms with Crippen LogP contribution in [0, 0.1) is 17.8 Å². The van der Waals surface area contributed by atoms with Crippen LogP contribution in [-0.2, 0) is 9.59 Å². The molecule has 0 bridgehead atoms. The Hall–Kier alpha value is -1.06. The number of hydrogen-bond donors (Lipinski definition) is 2. The highest BCUT2D eigenvalue weighted by atomic mass is 16.4. The zero-order chi connectivity index (χ0) is 13.7. The van der Waals surface area contributed by atoms with Crippen molar-refractivity contribution in [1.29, 1.82) is 0 Å². The third kappa shape index (κ3) is 4.00. The van der Waals surface area contributed by atoms with Crippen molar-refractivity contribution in [2.45, 2.75) is 58.9 Å². The van der Waals surface area contributed by atoms with E-state index in [1.807, 2.05) is 13.8 Å². The maximum atomic E-state index is 12.0. The van der Waals surface area contributed by atoms with Gasteiger partial charge in [-0.1, -0.05) is 27.2 Å². The Bertz CT molecular complexity index is 293. The highest BCUT2D eigenvalue weighted by molar-refractivity contribution is 5.85. The average molecular weight is 255 g/mol. The lowest BCUT2D eigenvalue weighted by atomic mass is 9.80. The second kappa shape index (κ2) is 6.76. The summed E-state index contributed by atoms with van der Waals surface area (Å²) in [7, 11) is 0. The Morgan fingerprint density at radius 3 is 2.17 bits per heavy atom. The van der Waals surface area contributed by atoms with Gasteiger partial charge in [0.2, 0.25) is 5.91 Å². The standard InChI is InChI=1S/C14H25NO3/c1-4-10-5-7-11(8-6-10)13(16)15-12(9(2)3)14(17)18/h9-12H,4-8H2,1-3H3,(H,15,16)(H,17,18)/t10?,11?,12-/m0/s1. The van der Waals surface area contributed by atoms with E-state index in [0.717, 1.165) is 31.6 Å². The molecule has 1 saturated carbocycles. The summed E-state index contributed by atoms with van der Waals surface area (Å²) in [6.07, 6.45) is 5.16. The minimum absolute atomic E-state index is 0.00778. The van der Waals surface area contributed by atoms with Gasteiger partial charge in [-0.3, -0.25) is 4.79 Å². The van der Waals surface area contributed by atoms with Crippen LogP contribution >= 0.6 is 0 Å². The monoisotopic (exact) mass is 255 g/mol. The number of carboxylic acid groups (broad SMARTS) is 1. The molecular weight excluding hydrogens is 230 g/mol. The molecule has 1 aliphatic carbocycles. The molecule has 4 nitrogen and oxygen atoms in total. The SMILES string of the molecule is CCC1CCC(C(=O)N[C@H](C(=O)O)C(C)C)CC1. The Labute approximate surface area is 109 Å². The number of carbonyl (C=O) groups excluding carboxylic acids is 1. The molecule has 0 aliphatic heterocycles. The molecule has 0 aromatic heterocycles. The summed E-state index contributed by atoms with van der Waals surface area (Å²) in [4.78, 5) is 23.1. The fourth-order valence-corrected chi connectivity index (χ4v) is 2.62. The molecule has 0 radical (unpaired) electrons. The lowest BCUT2D eigenvalue weighted by Crippen LogP contribution is -2.47. The number of carboxylic acids is 1. The Morgan fingerprint density at radius 2 is 1.78 bits per heavy atom. The van der Waals surface area contributed by atoms with Crippen LogP contribution < -0.4 is 5.32 Å². The quantitative estimate of drug-likeness (QED) is 0.793. The van der Waals surface area contributed by atoms with Crippen molar-refractivity contribution in [3.05, 3.63) is 0 Å². The average Bonchev–Trinajstić information content (AvgIpc) is 2.35. The Morgan fingerprint density at radius 1 is 1.22 bits per heavy atom. The van der Waals surface area contributed by atoms with Crippen LogP contribution in [0.15, 0.2) is 0 Å². The van der Waals surface area contributed by atoms with Crippen LogP contribution in [0.3, 0.4) is 0 Å². The number of amides is 1. The maximum Gasteiger partial charge on any atom is 0.326 e. The molecule has 1 fully saturated rings. The topological polar surface area (TPSA) is 66.4 Å². The Kier molecular flexibility index (Phi) is 5.63. The third-order valence-corrected chi connectivity index (χ3v) is 4.03. The van der Waals surface area contributed by atoms with E-state index in [4.69, 9.17) is 5.11 Å². The summed E-state index contributed by atoms with van der Waals surface area (Å²) >= 11 is 0. The summed E-state index contributed by atoms with van der Waals surface area (Å²) in [6.45, 7) is 5.81. The normalized spacial score (nSPS) is 25.8. The second-order valence-electron chi connectivity index (χ2n) is 5.69. The lowest BCUT2D eigenvalue weighted by Gasteiger charge is -2.28. The zero-order valence-electron chi connectivity index (χ0n) is 11.6. The van der Waals surface area contributed by atoms with Crippen molar-refractivity contribution >= 4 is 11.9 Å². The van der Waals surface area contributed by atoms with Gasteiger partial charge < -0.3 is 10.4 Å². The second-order valence-corrected chi connectivity index (χ2v) is 5.69. The van der Waals surface area contributed by atoms with Crippen molar-refractivity contribution in [3.8, 4) is 0 Å². The fraction of sp³-hybridized carbons (Fsp3) is 0.857. The molecule has 104 valence electrons. The number of rotatable bonds is 5. The van der Waals surface area contributed by atoms with Crippen molar-refractivity contribution in [3.63, 3.8) is 0 Å². The molecule has 0 unspecified atom stereocenters. The lowest BCUT2D eigenvalue weighted by molar-refractivity contribution is -0.144. The van der Waals surface area contributed by atoms with Crippen molar-refractivity contribution < 1.29 is 14.7 Å². The van der Waals surface area contributed by atoms with Crippen LogP contribution in [0.2, 0.25) is 0 Å². The molecule has 1 amide bonds. The van der Waals surface area contributed by atoms with Gasteiger partial charge in [-0.2, -0.15) is 0 Å². The molecule has 1 rings (SSSR count). The number of hydrogen-bond acceptors (Lipinski definition) is 2. The third-order valence-electron chi connectivity index (χ3n) is 4.03. The molecule has 0 spiro atoms. The first kappa shape index (κ1) is 15.0. The summed E-state index contributed by atoms with van der Waals surface area (Å²) < 4.78 is 0. The highest BCUT2D eigenvalue weighted by Crippen LogP contribution is 2.30. The molecular formula is C14H25NO3. The molecule has 2 N–H and O–H groups in total. The predicted octanol–water partition coefficient (Wildman–Crippen LogP) is 2.43. The van der Waals surface area contributed by atoms with E-state index < -0.39 is 12.0 Å². The van der Waals surface area contributed by atoms with Crippen LogP contribution in [0.1, 0.15) is 52.9 Å². The van der Waals surface area contributed by atoms with E-state index in [-0.39, 0.29) is 17.7 Å². The first-order chi connectivity index (χ1) is 8.45. The number of carbonyl (C=O) groups is 2. The van der Waals surface area contributed by atoms with Gasteiger partial charge >= 0.3 is 5.97 Å². The van der Waals surface area contributed by atoms with Crippen molar-refractivity contribution in [2.24, 2.45) is 17.8 Å². The predicted molar refractivity (Wildman–Crippen MR) is 70.1 cm³/mol. The maximum absolute atomic E-state index is 12.0. The van der Waals surface area contributed by atoms with Gasteiger partial charge in [-0.05, 0) is 37.5 Å². The highest BCUT2D eigenvalue weighted by Gasteiger charge is 2.29. The van der Waals surface area contributed by atoms with Gasteiger partial charge in [0, 0.05) is 5.92 Å². The van der Waals surface area contributed by atoms with E-state index in [2.05, 4.69) is 12.2 Å². The molecule has 0 aromatic carbocycles. The van der Waals surface area contributed by atoms with Crippen LogP contribution in [0.4, 0.5) is 0 Å². The van der Waals surface area contributed by atoms with E-state index >= 15 is 0 Å². The van der Waals surface area contributed by atoms with Crippen LogP contribution in [0.5, 0.6) is 0 Å². The van der Waals surface area contributed by atoms with Gasteiger partial charge in [0.15, 0.2) is 0 Å². The van der Waals surface area contributed by atoms with Gasteiger partial charge in [-0.15, -0.1) is 0 Å². The summed E-state index contributed by atoms with van der Waals surface area (Å²) in [5.41, 5.74) is 0.